The topological polar surface area (TPSA) is 514 Å². The van der Waals surface area contributed by atoms with Crippen LogP contribution in [0, 0.1) is 80.9 Å². The van der Waals surface area contributed by atoms with E-state index < -0.39 is 0 Å². The Balaban J connectivity index is -0.00000000703. The Kier molecular flexibility index (Phi) is 1560. The fourth-order valence-corrected chi connectivity index (χ4v) is 0. The summed E-state index contributed by atoms with van der Waals surface area (Å²) >= 11 is 0. The zero-order chi connectivity index (χ0) is 21.7. The molecule has 0 aromatic rings. The largest absolute Gasteiger partial charge is 3.00 e. The minimum Gasteiger partial charge on any atom is -0.444 e. The molecule has 0 heterocycles. The summed E-state index contributed by atoms with van der Waals surface area (Å²) in [5.74, 6) is 0. The average Bonchev–Trinajstić information content (AvgIpc) is 2.45. The Morgan fingerprint density at radius 3 is 0.290 bits per heavy atom. The smallest absolute Gasteiger partial charge is 0.444 e. The maximum absolute atomic E-state index is 8.00. The third-order valence-electron chi connectivity index (χ3n) is 0. The number of hydrogen-bond donors (Lipinski definition) is 0. The molecule has 27 nitrogen and oxygen atoms in total. The molecule has 0 saturated heterocycles. The molecule has 0 saturated carbocycles. The van der Waals surface area contributed by atoms with Crippen LogP contribution in [0.2, 0.25) is 0 Å². The summed E-state index contributed by atoms with van der Waals surface area (Å²) in [5.41, 5.74) is 0. The summed E-state index contributed by atoms with van der Waals surface area (Å²) in [4.78, 5) is 64.0. The van der Waals surface area contributed by atoms with Crippen LogP contribution in [0.3, 0.4) is 0 Å². The Labute approximate surface area is 272 Å². The molecular formula is H6Co2K2N8O19. The molecule has 31 heavy (non-hydrogen) atoms. The summed E-state index contributed by atoms with van der Waals surface area (Å²) in [6.45, 7) is 0. The van der Waals surface area contributed by atoms with Gasteiger partial charge in [0.1, 0.15) is 0 Å². The van der Waals surface area contributed by atoms with E-state index in [0.717, 1.165) is 42.7 Å². The van der Waals surface area contributed by atoms with Gasteiger partial charge in [-0.15, -0.1) is 42.7 Å². The van der Waals surface area contributed by atoms with Crippen LogP contribution in [0.15, 0.2) is 42.7 Å². The van der Waals surface area contributed by atoms with Gasteiger partial charge in [0.15, 0.2) is 0 Å². The van der Waals surface area contributed by atoms with Crippen molar-refractivity contribution in [2.45, 2.75) is 0 Å². The fourth-order valence-electron chi connectivity index (χ4n) is 0. The van der Waals surface area contributed by atoms with E-state index in [1.807, 2.05) is 0 Å². The third kappa shape index (κ3) is 54700. The van der Waals surface area contributed by atoms with Gasteiger partial charge in [0.05, 0.1) is 0 Å². The summed E-state index contributed by atoms with van der Waals surface area (Å²) in [6, 6.07) is 0. The molecule has 0 aromatic heterocycles. The van der Waals surface area contributed by atoms with Gasteiger partial charge in [-0.1, -0.05) is 0 Å². The Morgan fingerprint density at radius 2 is 0.290 bits per heavy atom. The SMILES string of the molecule is O.O.O.O=N[O-].O=N[O-].O=N[O-].O=N[O-].O=N[O-].O=N[O-].O=N[O-].O=N[O-].[Co+3].[Co+3].[K+].[K+]. The molecule has 180 valence electrons. The van der Waals surface area contributed by atoms with E-state index in [1.165, 1.54) is 0 Å². The van der Waals surface area contributed by atoms with Crippen LogP contribution in [-0.2, 0) is 33.6 Å². The van der Waals surface area contributed by atoms with Crippen molar-refractivity contribution in [1.82, 2.24) is 0 Å². The number of hydrogen-bond acceptors (Lipinski definition) is 24. The molecule has 0 unspecified atom stereocenters. The minimum absolute atomic E-state index is 0. The predicted molar refractivity (Wildman–Crippen MR) is 84.1 cm³/mol. The van der Waals surface area contributed by atoms with Crippen molar-refractivity contribution in [1.29, 1.82) is 0 Å². The molecule has 0 aliphatic rings. The average molecular weight is 618 g/mol. The van der Waals surface area contributed by atoms with Gasteiger partial charge in [-0.25, -0.2) is 0 Å². The van der Waals surface area contributed by atoms with Gasteiger partial charge in [0.25, 0.3) is 0 Å². The molecule has 6 N–H and O–H groups in total. The minimum atomic E-state index is 0. The van der Waals surface area contributed by atoms with Gasteiger partial charge < -0.3 is 97.3 Å². The van der Waals surface area contributed by atoms with Gasteiger partial charge in [-0.3, -0.25) is 0 Å². The molecule has 0 fully saturated rings. The molecule has 0 aliphatic carbocycles. The fraction of sp³-hybridized carbons (Fsp3) is 0. The molecule has 31 heteroatoms. The molecule has 0 aromatic carbocycles. The summed E-state index contributed by atoms with van der Waals surface area (Å²) in [7, 11) is 0. The molecule has 0 rings (SSSR count). The standard InChI is InChI=1S/2Co.2K.8HNO2.3H2O/c;;;;8*2-1-3;;;/h;;;;8*(H,2,3);3*1H2/q2*+3;2*+1;;;;;;;;;;;/p-8. The van der Waals surface area contributed by atoms with E-state index in [4.69, 9.17) is 80.9 Å². The number of rotatable bonds is 0. The van der Waals surface area contributed by atoms with E-state index in [9.17, 15) is 0 Å². The first-order valence-corrected chi connectivity index (χ1v) is 2.92. The van der Waals surface area contributed by atoms with Crippen LogP contribution in [0.5, 0.6) is 0 Å². The number of nitrogens with zero attached hydrogens (tertiary/aromatic N) is 8. The van der Waals surface area contributed by atoms with Crippen LogP contribution < -0.4 is 103 Å². The van der Waals surface area contributed by atoms with E-state index in [2.05, 4.69) is 0 Å². The second-order valence-electron chi connectivity index (χ2n) is 0.596. The third-order valence-corrected chi connectivity index (χ3v) is 0. The van der Waals surface area contributed by atoms with Gasteiger partial charge in [0, 0.05) is 0 Å². The Bertz CT molecular complexity index is 177. The molecule has 0 aliphatic heterocycles. The normalized spacial score (nSPS) is 3.10. The zero-order valence-corrected chi connectivity index (χ0v) is 22.6. The molecule has 0 amide bonds. The van der Waals surface area contributed by atoms with E-state index >= 15 is 0 Å². The quantitative estimate of drug-likeness (QED) is 0.138. The van der Waals surface area contributed by atoms with Gasteiger partial charge in [-0.05, 0) is 0 Å². The first-order valence-electron chi connectivity index (χ1n) is 2.92. The van der Waals surface area contributed by atoms with E-state index in [-0.39, 0.29) is 153 Å². The zero-order valence-electron chi connectivity index (χ0n) is 14.3. The Hall–Kier alpha value is -0.634. The van der Waals surface area contributed by atoms with Crippen LogP contribution in [0.1, 0.15) is 0 Å². The van der Waals surface area contributed by atoms with E-state index in [0.29, 0.717) is 0 Å². The summed E-state index contributed by atoms with van der Waals surface area (Å²) < 4.78 is 0. The first kappa shape index (κ1) is 111. The summed E-state index contributed by atoms with van der Waals surface area (Å²) in [5, 5.41) is 72.0. The van der Waals surface area contributed by atoms with Crippen LogP contribution in [-0.4, -0.2) is 16.4 Å². The van der Waals surface area contributed by atoms with Crippen molar-refractivity contribution in [2.24, 2.45) is 42.7 Å². The van der Waals surface area contributed by atoms with Crippen molar-refractivity contribution in [3.8, 4) is 0 Å². The monoisotopic (exact) mass is 618 g/mol. The van der Waals surface area contributed by atoms with Crippen molar-refractivity contribution in [3.63, 3.8) is 0 Å². The van der Waals surface area contributed by atoms with Gasteiger partial charge in [0.2, 0.25) is 0 Å². The second-order valence-corrected chi connectivity index (χ2v) is 0.596. The molecule has 0 atom stereocenters. The van der Waals surface area contributed by atoms with Crippen LogP contribution >= 0.6 is 0 Å². The first-order chi connectivity index (χ1) is 11.3. The predicted octanol–water partition coefficient (Wildman–Crippen LogP) is -6.47. The van der Waals surface area contributed by atoms with Crippen LogP contribution in [0.25, 0.3) is 0 Å². The molecule has 0 radical (unpaired) electrons. The van der Waals surface area contributed by atoms with E-state index in [1.54, 1.807) is 0 Å². The summed E-state index contributed by atoms with van der Waals surface area (Å²) in [6.07, 6.45) is 0. The van der Waals surface area contributed by atoms with Gasteiger partial charge in [-0.2, -0.15) is 0 Å². The van der Waals surface area contributed by atoms with Crippen molar-refractivity contribution in [3.05, 3.63) is 80.9 Å². The maximum atomic E-state index is 8.00. The van der Waals surface area contributed by atoms with Crippen molar-refractivity contribution in [2.75, 3.05) is 0 Å². The van der Waals surface area contributed by atoms with Crippen LogP contribution in [0.4, 0.5) is 0 Å². The Morgan fingerprint density at radius 1 is 0.290 bits per heavy atom. The molecule has 0 spiro atoms. The van der Waals surface area contributed by atoms with Gasteiger partial charge >= 0.3 is 136 Å². The second kappa shape index (κ2) is 436. The molecule has 0 bridgehead atoms. The maximum Gasteiger partial charge on any atom is 3.00 e. The molecular weight excluding hydrogens is 612 g/mol. The van der Waals surface area contributed by atoms with Crippen molar-refractivity contribution >= 4 is 0 Å². The van der Waals surface area contributed by atoms with Crippen molar-refractivity contribution < 1.29 is 153 Å².